The molecule has 0 rings (SSSR count). The van der Waals surface area contributed by atoms with E-state index < -0.39 is 15.6 Å². The number of hydrogen-bond donors (Lipinski definition) is 2. The molecule has 4 nitrogen and oxygen atoms in total. The lowest BCUT2D eigenvalue weighted by molar-refractivity contribution is 0.392. The zero-order valence-electron chi connectivity index (χ0n) is 8.63. The van der Waals surface area contributed by atoms with Crippen LogP contribution in [0.5, 0.6) is 0 Å². The Bertz CT molecular complexity index is 233. The Morgan fingerprint density at radius 1 is 1.23 bits per heavy atom. The summed E-state index contributed by atoms with van der Waals surface area (Å²) in [5.74, 6) is 0.108. The summed E-state index contributed by atoms with van der Waals surface area (Å²) in [7, 11) is -3.10. The second-order valence-electron chi connectivity index (χ2n) is 3.29. The molecular formula is C8H20N2O2S. The average Bonchev–Trinajstić information content (AvgIpc) is 2.14. The molecule has 0 heterocycles. The molecule has 0 spiro atoms. The standard InChI is InChI=1S/C8H20N2O2S/c1-4-8(9,5-2)7-10-13(11,12)6-3/h10H,4-7,9H2,1-3H3. The highest BCUT2D eigenvalue weighted by Crippen LogP contribution is 2.09. The summed E-state index contributed by atoms with van der Waals surface area (Å²) in [6, 6.07) is 0. The first-order valence-corrected chi connectivity index (χ1v) is 6.30. The lowest BCUT2D eigenvalue weighted by atomic mass is 9.95. The fraction of sp³-hybridized carbons (Fsp3) is 1.00. The molecule has 3 N–H and O–H groups in total. The molecule has 13 heavy (non-hydrogen) atoms. The first-order valence-electron chi connectivity index (χ1n) is 4.65. The van der Waals surface area contributed by atoms with Crippen LogP contribution in [0.25, 0.3) is 0 Å². The molecule has 0 atom stereocenters. The summed E-state index contributed by atoms with van der Waals surface area (Å²) in [5.41, 5.74) is 5.53. The number of nitrogens with two attached hydrogens (primary N) is 1. The third-order valence-corrected chi connectivity index (χ3v) is 3.78. The van der Waals surface area contributed by atoms with Crippen molar-refractivity contribution in [2.24, 2.45) is 5.73 Å². The molecule has 0 unspecified atom stereocenters. The summed E-state index contributed by atoms with van der Waals surface area (Å²) in [4.78, 5) is 0. The molecule has 5 heteroatoms. The summed E-state index contributed by atoms with van der Waals surface area (Å²) < 4.78 is 24.7. The van der Waals surface area contributed by atoms with Gasteiger partial charge in [-0.2, -0.15) is 0 Å². The number of hydrogen-bond acceptors (Lipinski definition) is 3. The van der Waals surface area contributed by atoms with Gasteiger partial charge in [0.1, 0.15) is 0 Å². The maximum atomic E-state index is 11.1. The molecule has 0 saturated heterocycles. The van der Waals surface area contributed by atoms with Crippen molar-refractivity contribution in [1.82, 2.24) is 4.72 Å². The topological polar surface area (TPSA) is 72.2 Å². The van der Waals surface area contributed by atoms with E-state index >= 15 is 0 Å². The van der Waals surface area contributed by atoms with Crippen molar-refractivity contribution in [3.63, 3.8) is 0 Å². The molecule has 0 aromatic rings. The van der Waals surface area contributed by atoms with E-state index in [1.807, 2.05) is 13.8 Å². The van der Waals surface area contributed by atoms with Gasteiger partial charge in [0.25, 0.3) is 0 Å². The van der Waals surface area contributed by atoms with Crippen LogP contribution < -0.4 is 10.5 Å². The molecule has 0 aromatic heterocycles. The molecule has 0 aliphatic heterocycles. The Kier molecular flexibility index (Phi) is 4.88. The average molecular weight is 208 g/mol. The molecule has 80 valence electrons. The van der Waals surface area contributed by atoms with Gasteiger partial charge in [-0.15, -0.1) is 0 Å². The lowest BCUT2D eigenvalue weighted by Crippen LogP contribution is -2.49. The Balaban J connectivity index is 4.15. The molecule has 0 saturated carbocycles. The van der Waals surface area contributed by atoms with Gasteiger partial charge in [0.2, 0.25) is 10.0 Å². The largest absolute Gasteiger partial charge is 0.324 e. The summed E-state index contributed by atoms with van der Waals surface area (Å²) in [5, 5.41) is 0. The van der Waals surface area contributed by atoms with Crippen LogP contribution in [0.3, 0.4) is 0 Å². The summed E-state index contributed by atoms with van der Waals surface area (Å²) >= 11 is 0. The monoisotopic (exact) mass is 208 g/mol. The Morgan fingerprint density at radius 3 is 2.00 bits per heavy atom. The zero-order valence-corrected chi connectivity index (χ0v) is 9.45. The second kappa shape index (κ2) is 4.93. The van der Waals surface area contributed by atoms with Gasteiger partial charge in [0, 0.05) is 12.1 Å². The van der Waals surface area contributed by atoms with E-state index in [0.717, 1.165) is 12.8 Å². The SMILES string of the molecule is CCC(N)(CC)CNS(=O)(=O)CC. The van der Waals surface area contributed by atoms with Gasteiger partial charge in [-0.3, -0.25) is 0 Å². The van der Waals surface area contributed by atoms with Crippen molar-refractivity contribution in [2.75, 3.05) is 12.3 Å². The molecule has 0 fully saturated rings. The highest BCUT2D eigenvalue weighted by molar-refractivity contribution is 7.89. The number of rotatable bonds is 6. The molecule has 0 amide bonds. The molecular weight excluding hydrogens is 188 g/mol. The van der Waals surface area contributed by atoms with Crippen LogP contribution in [0.2, 0.25) is 0 Å². The van der Waals surface area contributed by atoms with Crippen molar-refractivity contribution in [1.29, 1.82) is 0 Å². The predicted molar refractivity (Wildman–Crippen MR) is 55.0 cm³/mol. The van der Waals surface area contributed by atoms with Gasteiger partial charge in [-0.1, -0.05) is 13.8 Å². The smallest absolute Gasteiger partial charge is 0.211 e. The minimum Gasteiger partial charge on any atom is -0.324 e. The third-order valence-electron chi connectivity index (χ3n) is 2.43. The predicted octanol–water partition coefficient (Wildman–Crippen LogP) is 0.443. The first-order chi connectivity index (χ1) is 5.89. The molecule has 0 radical (unpaired) electrons. The van der Waals surface area contributed by atoms with Gasteiger partial charge in [-0.25, -0.2) is 13.1 Å². The Morgan fingerprint density at radius 2 is 1.69 bits per heavy atom. The van der Waals surface area contributed by atoms with E-state index in [0.29, 0.717) is 6.54 Å². The van der Waals surface area contributed by atoms with Gasteiger partial charge in [0.05, 0.1) is 5.75 Å². The highest BCUT2D eigenvalue weighted by Gasteiger charge is 2.22. The third kappa shape index (κ3) is 4.59. The quantitative estimate of drug-likeness (QED) is 0.665. The summed E-state index contributed by atoms with van der Waals surface area (Å²) in [6.07, 6.45) is 1.55. The maximum Gasteiger partial charge on any atom is 0.211 e. The first kappa shape index (κ1) is 12.9. The number of nitrogens with one attached hydrogen (secondary N) is 1. The van der Waals surface area contributed by atoms with Crippen molar-refractivity contribution < 1.29 is 8.42 Å². The summed E-state index contributed by atoms with van der Waals surface area (Å²) in [6.45, 7) is 5.86. The Labute approximate surface area is 80.9 Å². The van der Waals surface area contributed by atoms with E-state index in [2.05, 4.69) is 4.72 Å². The molecule has 0 aliphatic carbocycles. The van der Waals surface area contributed by atoms with Gasteiger partial charge in [0.15, 0.2) is 0 Å². The van der Waals surface area contributed by atoms with Crippen LogP contribution in [0.15, 0.2) is 0 Å². The normalized spacial score (nSPS) is 13.2. The second-order valence-corrected chi connectivity index (χ2v) is 5.39. The van der Waals surface area contributed by atoms with Gasteiger partial charge < -0.3 is 5.73 Å². The van der Waals surface area contributed by atoms with Crippen LogP contribution in [0, 0.1) is 0 Å². The molecule has 0 bridgehead atoms. The van der Waals surface area contributed by atoms with E-state index in [4.69, 9.17) is 5.73 Å². The van der Waals surface area contributed by atoms with Crippen LogP contribution >= 0.6 is 0 Å². The Hall–Kier alpha value is -0.130. The van der Waals surface area contributed by atoms with Crippen LogP contribution in [0.1, 0.15) is 33.6 Å². The maximum absolute atomic E-state index is 11.1. The zero-order chi connectivity index (χ0) is 10.5. The van der Waals surface area contributed by atoms with Gasteiger partial charge >= 0.3 is 0 Å². The van der Waals surface area contributed by atoms with Crippen molar-refractivity contribution in [3.8, 4) is 0 Å². The minimum absolute atomic E-state index is 0.108. The van der Waals surface area contributed by atoms with E-state index in [-0.39, 0.29) is 5.75 Å². The van der Waals surface area contributed by atoms with E-state index in [9.17, 15) is 8.42 Å². The van der Waals surface area contributed by atoms with Crippen molar-refractivity contribution in [3.05, 3.63) is 0 Å². The van der Waals surface area contributed by atoms with Crippen molar-refractivity contribution in [2.45, 2.75) is 39.2 Å². The van der Waals surface area contributed by atoms with Gasteiger partial charge in [-0.05, 0) is 19.8 Å². The fourth-order valence-corrected chi connectivity index (χ4v) is 1.57. The molecule has 0 aromatic carbocycles. The molecule has 0 aliphatic rings. The van der Waals surface area contributed by atoms with E-state index in [1.165, 1.54) is 0 Å². The minimum atomic E-state index is -3.10. The van der Waals surface area contributed by atoms with Crippen LogP contribution in [0.4, 0.5) is 0 Å². The lowest BCUT2D eigenvalue weighted by Gasteiger charge is -2.26. The number of sulfonamides is 1. The highest BCUT2D eigenvalue weighted by atomic mass is 32.2. The van der Waals surface area contributed by atoms with Crippen LogP contribution in [-0.2, 0) is 10.0 Å². The van der Waals surface area contributed by atoms with Crippen molar-refractivity contribution >= 4 is 10.0 Å². The van der Waals surface area contributed by atoms with E-state index in [1.54, 1.807) is 6.92 Å². The fourth-order valence-electron chi connectivity index (χ4n) is 0.856. The van der Waals surface area contributed by atoms with Crippen LogP contribution in [-0.4, -0.2) is 26.3 Å².